The van der Waals surface area contributed by atoms with Crippen molar-refractivity contribution in [1.82, 2.24) is 4.98 Å². The lowest BCUT2D eigenvalue weighted by Gasteiger charge is -2.10. The summed E-state index contributed by atoms with van der Waals surface area (Å²) in [5, 5.41) is 0. The summed E-state index contributed by atoms with van der Waals surface area (Å²) in [6, 6.07) is 9.68. The SMILES string of the molecule is [B]c1cccc(COc2cc3c(cn2)[C@H]2[C@@H](C3)[C@@H]2C(C)=O)c1. The Morgan fingerprint density at radius 2 is 2.27 bits per heavy atom. The summed E-state index contributed by atoms with van der Waals surface area (Å²) in [6.45, 7) is 2.15. The van der Waals surface area contributed by atoms with E-state index in [-0.39, 0.29) is 5.92 Å². The lowest BCUT2D eigenvalue weighted by molar-refractivity contribution is -0.118. The van der Waals surface area contributed by atoms with Gasteiger partial charge in [0.05, 0.1) is 0 Å². The molecule has 0 aliphatic heterocycles. The third-order valence-corrected chi connectivity index (χ3v) is 4.79. The van der Waals surface area contributed by atoms with E-state index < -0.39 is 0 Å². The minimum atomic E-state index is 0.230. The predicted molar refractivity (Wildman–Crippen MR) is 84.5 cm³/mol. The molecule has 1 heterocycles. The van der Waals surface area contributed by atoms with Crippen LogP contribution in [0.5, 0.6) is 5.88 Å². The van der Waals surface area contributed by atoms with E-state index in [9.17, 15) is 4.79 Å². The molecule has 1 aromatic heterocycles. The smallest absolute Gasteiger partial charge is 0.213 e. The van der Waals surface area contributed by atoms with Crippen LogP contribution < -0.4 is 10.2 Å². The molecule has 0 saturated heterocycles. The highest BCUT2D eigenvalue weighted by atomic mass is 16.5. The second-order valence-electron chi connectivity index (χ2n) is 6.29. The zero-order valence-corrected chi connectivity index (χ0v) is 12.5. The molecule has 4 rings (SSSR count). The molecule has 0 spiro atoms. The molecule has 0 N–H and O–H groups in total. The Labute approximate surface area is 131 Å². The van der Waals surface area contributed by atoms with E-state index in [0.717, 1.165) is 17.4 Å². The fourth-order valence-corrected chi connectivity index (χ4v) is 3.74. The van der Waals surface area contributed by atoms with Crippen LogP contribution in [0.25, 0.3) is 0 Å². The van der Waals surface area contributed by atoms with E-state index in [1.165, 1.54) is 11.1 Å². The molecular weight excluding hydrogens is 273 g/mol. The summed E-state index contributed by atoms with van der Waals surface area (Å²) in [6.07, 6.45) is 2.86. The fourth-order valence-electron chi connectivity index (χ4n) is 3.74. The average Bonchev–Trinajstić information content (AvgIpc) is 3.09. The van der Waals surface area contributed by atoms with Crippen molar-refractivity contribution in [3.05, 3.63) is 53.2 Å². The van der Waals surface area contributed by atoms with Gasteiger partial charge in [-0.05, 0) is 41.9 Å². The van der Waals surface area contributed by atoms with Crippen LogP contribution in [-0.4, -0.2) is 18.6 Å². The first-order chi connectivity index (χ1) is 10.6. The van der Waals surface area contributed by atoms with Crippen molar-refractivity contribution < 1.29 is 9.53 Å². The maximum Gasteiger partial charge on any atom is 0.213 e. The van der Waals surface area contributed by atoms with Crippen molar-refractivity contribution in [2.45, 2.75) is 25.9 Å². The minimum Gasteiger partial charge on any atom is -0.473 e. The van der Waals surface area contributed by atoms with Crippen LogP contribution in [0.2, 0.25) is 0 Å². The number of Topliss-reactive ketones (excluding diaryl/α,β-unsaturated/α-hetero) is 1. The second-order valence-corrected chi connectivity index (χ2v) is 6.29. The Balaban J connectivity index is 1.46. The lowest BCUT2D eigenvalue weighted by Crippen LogP contribution is -2.06. The zero-order chi connectivity index (χ0) is 15.3. The maximum absolute atomic E-state index is 11.5. The van der Waals surface area contributed by atoms with E-state index in [0.29, 0.717) is 30.1 Å². The lowest BCUT2D eigenvalue weighted by atomic mass is 9.95. The van der Waals surface area contributed by atoms with Gasteiger partial charge in [0.25, 0.3) is 0 Å². The molecule has 22 heavy (non-hydrogen) atoms. The highest BCUT2D eigenvalue weighted by Gasteiger charge is 2.58. The van der Waals surface area contributed by atoms with Gasteiger partial charge in [0.15, 0.2) is 0 Å². The molecule has 1 aromatic carbocycles. The first-order valence-corrected chi connectivity index (χ1v) is 7.60. The third-order valence-electron chi connectivity index (χ3n) is 4.79. The molecule has 2 aliphatic carbocycles. The van der Waals surface area contributed by atoms with Crippen LogP contribution in [0, 0.1) is 11.8 Å². The molecule has 2 aliphatic rings. The summed E-state index contributed by atoms with van der Waals surface area (Å²) in [4.78, 5) is 15.9. The Bertz CT molecular complexity index is 759. The van der Waals surface area contributed by atoms with Crippen LogP contribution in [0.3, 0.4) is 0 Å². The van der Waals surface area contributed by atoms with Gasteiger partial charge < -0.3 is 4.74 Å². The quantitative estimate of drug-likeness (QED) is 0.807. The molecule has 4 heteroatoms. The predicted octanol–water partition coefficient (Wildman–Crippen LogP) is 1.93. The topological polar surface area (TPSA) is 39.2 Å². The zero-order valence-electron chi connectivity index (χ0n) is 12.5. The molecule has 3 nitrogen and oxygen atoms in total. The van der Waals surface area contributed by atoms with Crippen LogP contribution in [0.1, 0.15) is 29.5 Å². The molecular formula is C18H16BNO2. The number of pyridine rings is 1. The van der Waals surface area contributed by atoms with Gasteiger partial charge in [-0.3, -0.25) is 4.79 Å². The largest absolute Gasteiger partial charge is 0.473 e. The maximum atomic E-state index is 11.5. The summed E-state index contributed by atoms with van der Waals surface area (Å²) in [7, 11) is 5.76. The van der Waals surface area contributed by atoms with E-state index >= 15 is 0 Å². The molecule has 3 atom stereocenters. The van der Waals surface area contributed by atoms with Gasteiger partial charge in [-0.25, -0.2) is 4.98 Å². The summed E-state index contributed by atoms with van der Waals surface area (Å²) in [5.74, 6) is 2.08. The van der Waals surface area contributed by atoms with Gasteiger partial charge in [0, 0.05) is 18.2 Å². The number of carbonyl (C=O) groups excluding carboxylic acids is 1. The van der Waals surface area contributed by atoms with Crippen molar-refractivity contribution in [3.63, 3.8) is 0 Å². The number of aromatic nitrogens is 1. The van der Waals surface area contributed by atoms with Crippen LogP contribution in [-0.2, 0) is 17.8 Å². The number of nitrogens with zero attached hydrogens (tertiary/aromatic N) is 1. The molecule has 0 amide bonds. The number of hydrogen-bond acceptors (Lipinski definition) is 3. The van der Waals surface area contributed by atoms with E-state index in [1.807, 2.05) is 36.5 Å². The summed E-state index contributed by atoms with van der Waals surface area (Å²) >= 11 is 0. The van der Waals surface area contributed by atoms with Crippen molar-refractivity contribution in [1.29, 1.82) is 0 Å². The van der Waals surface area contributed by atoms with Gasteiger partial charge in [0.2, 0.25) is 5.88 Å². The van der Waals surface area contributed by atoms with Crippen LogP contribution >= 0.6 is 0 Å². The highest BCUT2D eigenvalue weighted by molar-refractivity contribution is 6.32. The number of rotatable bonds is 4. The van der Waals surface area contributed by atoms with Crippen molar-refractivity contribution in [2.75, 3.05) is 0 Å². The monoisotopic (exact) mass is 289 g/mol. The molecule has 2 radical (unpaired) electrons. The second kappa shape index (κ2) is 4.97. The van der Waals surface area contributed by atoms with E-state index in [4.69, 9.17) is 12.6 Å². The van der Waals surface area contributed by atoms with E-state index in [1.54, 1.807) is 6.92 Å². The van der Waals surface area contributed by atoms with Crippen LogP contribution in [0.15, 0.2) is 36.5 Å². The van der Waals surface area contributed by atoms with Crippen molar-refractivity contribution in [2.24, 2.45) is 11.8 Å². The number of hydrogen-bond donors (Lipinski definition) is 0. The highest BCUT2D eigenvalue weighted by Crippen LogP contribution is 2.61. The molecule has 108 valence electrons. The Morgan fingerprint density at radius 3 is 3.05 bits per heavy atom. The number of ether oxygens (including phenoxy) is 1. The van der Waals surface area contributed by atoms with Crippen LogP contribution in [0.4, 0.5) is 0 Å². The van der Waals surface area contributed by atoms with Gasteiger partial charge >= 0.3 is 0 Å². The normalized spacial score (nSPS) is 24.5. The van der Waals surface area contributed by atoms with E-state index in [2.05, 4.69) is 4.98 Å². The first kappa shape index (κ1) is 13.6. The number of benzene rings is 1. The number of ketones is 1. The Morgan fingerprint density at radius 1 is 1.41 bits per heavy atom. The third kappa shape index (κ3) is 2.23. The molecule has 2 aromatic rings. The Kier molecular flexibility index (Phi) is 3.07. The van der Waals surface area contributed by atoms with Gasteiger partial charge in [-0.2, -0.15) is 0 Å². The molecule has 1 saturated carbocycles. The molecule has 0 bridgehead atoms. The van der Waals surface area contributed by atoms with Gasteiger partial charge in [0.1, 0.15) is 20.2 Å². The van der Waals surface area contributed by atoms with Gasteiger partial charge in [-0.15, -0.1) is 0 Å². The minimum absolute atomic E-state index is 0.230. The standard InChI is InChI=1S/C18H16BNO2/c1-10(21)17-14-6-12-7-16(20-8-15(12)18(14)17)22-9-11-3-2-4-13(19)5-11/h2-5,7-8,14,17-18H,6,9H2,1H3/t14-,17-,18+/m0/s1. The fraction of sp³-hybridized carbons (Fsp3) is 0.333. The van der Waals surface area contributed by atoms with Gasteiger partial charge in [-0.1, -0.05) is 29.7 Å². The number of fused-ring (bicyclic) bond motifs is 3. The number of carbonyl (C=O) groups is 1. The Hall–Kier alpha value is -2.10. The van der Waals surface area contributed by atoms with Crippen molar-refractivity contribution >= 4 is 19.1 Å². The average molecular weight is 289 g/mol. The molecule has 0 unspecified atom stereocenters. The molecule has 1 fully saturated rings. The van der Waals surface area contributed by atoms with Crippen molar-refractivity contribution in [3.8, 4) is 5.88 Å². The summed E-state index contributed by atoms with van der Waals surface area (Å²) in [5.41, 5.74) is 4.28. The summed E-state index contributed by atoms with van der Waals surface area (Å²) < 4.78 is 5.76. The first-order valence-electron chi connectivity index (χ1n) is 7.60.